The maximum absolute atomic E-state index is 12.7. The molecule has 1 amide bonds. The Hall–Kier alpha value is -3.30. The number of carbonyl (C=O) groups excluding carboxylic acids is 1. The van der Waals surface area contributed by atoms with Crippen LogP contribution in [-0.2, 0) is 15.9 Å². The number of hydrogen-bond acceptors (Lipinski definition) is 8. The third kappa shape index (κ3) is 5.17. The van der Waals surface area contributed by atoms with Crippen molar-refractivity contribution in [3.63, 3.8) is 0 Å². The number of carbonyl (C=O) groups is 1. The molecule has 1 atom stereocenters. The summed E-state index contributed by atoms with van der Waals surface area (Å²) in [5.41, 5.74) is -1.22. The summed E-state index contributed by atoms with van der Waals surface area (Å²) in [6, 6.07) is 9.69. The van der Waals surface area contributed by atoms with Crippen LogP contribution in [-0.4, -0.2) is 55.0 Å². The third-order valence-electron chi connectivity index (χ3n) is 6.96. The van der Waals surface area contributed by atoms with E-state index in [1.807, 2.05) is 52.0 Å². The zero-order chi connectivity index (χ0) is 28.1. The van der Waals surface area contributed by atoms with E-state index in [2.05, 4.69) is 29.0 Å². The van der Waals surface area contributed by atoms with Crippen molar-refractivity contribution in [2.24, 2.45) is 5.41 Å². The summed E-state index contributed by atoms with van der Waals surface area (Å²) in [5, 5.41) is 26.8. The van der Waals surface area contributed by atoms with Gasteiger partial charge >= 0.3 is 6.09 Å². The minimum absolute atomic E-state index is 0.0800. The topological polar surface area (TPSA) is 122 Å². The minimum Gasteiger partial charge on any atom is -0.444 e. The van der Waals surface area contributed by atoms with Crippen LogP contribution in [0.4, 0.5) is 4.79 Å². The van der Waals surface area contributed by atoms with E-state index in [1.165, 1.54) is 0 Å². The van der Waals surface area contributed by atoms with Gasteiger partial charge in [0.2, 0.25) is 5.82 Å². The van der Waals surface area contributed by atoms with Crippen LogP contribution >= 0.6 is 0 Å². The Morgan fingerprint density at radius 2 is 1.68 bits per heavy atom. The van der Waals surface area contributed by atoms with Crippen LogP contribution in [0.15, 0.2) is 47.2 Å². The van der Waals surface area contributed by atoms with Crippen molar-refractivity contribution in [1.29, 1.82) is 0 Å². The first-order valence-corrected chi connectivity index (χ1v) is 12.9. The van der Waals surface area contributed by atoms with Crippen LogP contribution in [0.1, 0.15) is 83.9 Å². The van der Waals surface area contributed by atoms with Crippen LogP contribution in [0.2, 0.25) is 0 Å². The fourth-order valence-electron chi connectivity index (χ4n) is 4.80. The zero-order valence-electron chi connectivity index (χ0n) is 23.4. The fraction of sp³-hybridized carbons (Fsp3) is 0.517. The van der Waals surface area contributed by atoms with Gasteiger partial charge in [0, 0.05) is 42.0 Å². The summed E-state index contributed by atoms with van der Waals surface area (Å²) in [4.78, 5) is 23.1. The van der Waals surface area contributed by atoms with Crippen LogP contribution in [0.25, 0.3) is 11.4 Å². The lowest BCUT2D eigenvalue weighted by Crippen LogP contribution is -2.66. The largest absolute Gasteiger partial charge is 0.444 e. The SMILES string of the molecule is CC(C)c1ccc([C@](O)(c2cncc(-c3noc(C(C)(C)O)n3)c2)C2(C)CN(C(=O)OC(C)(C)C)C2)cc1. The second kappa shape index (κ2) is 9.47. The molecule has 9 nitrogen and oxygen atoms in total. The Bertz CT molecular complexity index is 1300. The number of rotatable bonds is 6. The molecule has 0 saturated carbocycles. The van der Waals surface area contributed by atoms with Gasteiger partial charge in [0.15, 0.2) is 0 Å². The predicted molar refractivity (Wildman–Crippen MR) is 142 cm³/mol. The number of ether oxygens (including phenoxy) is 1. The molecule has 1 saturated heterocycles. The molecule has 1 fully saturated rings. The molecule has 0 unspecified atom stereocenters. The Balaban J connectivity index is 1.75. The summed E-state index contributed by atoms with van der Waals surface area (Å²) >= 11 is 0. The number of nitrogens with zero attached hydrogens (tertiary/aromatic N) is 4. The lowest BCUT2D eigenvalue weighted by Gasteiger charge is -2.56. The predicted octanol–water partition coefficient (Wildman–Crippen LogP) is 4.98. The van der Waals surface area contributed by atoms with E-state index in [0.717, 1.165) is 5.56 Å². The number of benzene rings is 1. The molecule has 0 spiro atoms. The number of hydrogen-bond donors (Lipinski definition) is 2. The number of aromatic nitrogens is 3. The highest BCUT2D eigenvalue weighted by Gasteiger charge is 2.58. The molecule has 2 N–H and O–H groups in total. The monoisotopic (exact) mass is 522 g/mol. The van der Waals surface area contributed by atoms with E-state index < -0.39 is 28.3 Å². The fourth-order valence-corrected chi connectivity index (χ4v) is 4.80. The third-order valence-corrected chi connectivity index (χ3v) is 6.96. The van der Waals surface area contributed by atoms with E-state index in [9.17, 15) is 15.0 Å². The highest BCUT2D eigenvalue weighted by atomic mass is 16.6. The molecule has 1 aliphatic rings. The van der Waals surface area contributed by atoms with Crippen molar-refractivity contribution >= 4 is 6.09 Å². The molecule has 4 rings (SSSR count). The molecule has 2 aromatic heterocycles. The zero-order valence-corrected chi connectivity index (χ0v) is 23.4. The number of pyridine rings is 1. The molecule has 3 aromatic rings. The minimum atomic E-state index is -1.49. The Labute approximate surface area is 223 Å². The normalized spacial score (nSPS) is 17.2. The molecule has 1 aliphatic heterocycles. The molecule has 38 heavy (non-hydrogen) atoms. The summed E-state index contributed by atoms with van der Waals surface area (Å²) in [7, 11) is 0. The molecular weight excluding hydrogens is 484 g/mol. The number of likely N-dealkylation sites (tertiary alicyclic amines) is 1. The first-order chi connectivity index (χ1) is 17.5. The summed E-state index contributed by atoms with van der Waals surface area (Å²) in [6.45, 7) is 15.4. The second-order valence-corrected chi connectivity index (χ2v) is 12.3. The van der Waals surface area contributed by atoms with Crippen molar-refractivity contribution in [2.75, 3.05) is 13.1 Å². The molecule has 0 radical (unpaired) electrons. The standard InChI is InChI=1S/C29H38N4O5/c1-18(2)19-9-11-21(12-10-19)29(36,28(8)16-33(17-28)25(34)37-26(3,4)5)22-13-20(14-30-15-22)23-31-24(38-32-23)27(6,7)35/h9-15,18,35-36H,16-17H2,1-8H3/t29-/m0/s1. The van der Waals surface area contributed by atoms with E-state index in [1.54, 1.807) is 37.2 Å². The van der Waals surface area contributed by atoms with Gasteiger partial charge in [0.1, 0.15) is 16.8 Å². The Morgan fingerprint density at radius 1 is 1.05 bits per heavy atom. The van der Waals surface area contributed by atoms with Crippen LogP contribution < -0.4 is 0 Å². The maximum Gasteiger partial charge on any atom is 0.410 e. The van der Waals surface area contributed by atoms with Gasteiger partial charge in [-0.05, 0) is 57.7 Å². The second-order valence-electron chi connectivity index (χ2n) is 12.3. The average molecular weight is 523 g/mol. The first-order valence-electron chi connectivity index (χ1n) is 12.9. The van der Waals surface area contributed by atoms with Gasteiger partial charge in [-0.3, -0.25) is 4.98 Å². The maximum atomic E-state index is 12.7. The van der Waals surface area contributed by atoms with Gasteiger partial charge in [-0.1, -0.05) is 50.2 Å². The molecule has 0 aliphatic carbocycles. The lowest BCUT2D eigenvalue weighted by molar-refractivity contribution is -0.131. The van der Waals surface area contributed by atoms with Crippen LogP contribution in [0.3, 0.4) is 0 Å². The van der Waals surface area contributed by atoms with Crippen molar-refractivity contribution in [1.82, 2.24) is 20.0 Å². The summed E-state index contributed by atoms with van der Waals surface area (Å²) in [6.07, 6.45) is 2.80. The Kier molecular flexibility index (Phi) is 6.91. The molecule has 0 bridgehead atoms. The van der Waals surface area contributed by atoms with Crippen molar-refractivity contribution in [3.8, 4) is 11.4 Å². The van der Waals surface area contributed by atoms with Gasteiger partial charge in [0.25, 0.3) is 5.89 Å². The van der Waals surface area contributed by atoms with E-state index in [0.29, 0.717) is 35.7 Å². The molecule has 9 heteroatoms. The average Bonchev–Trinajstić information content (AvgIpc) is 3.31. The summed E-state index contributed by atoms with van der Waals surface area (Å²) < 4.78 is 10.8. The van der Waals surface area contributed by atoms with Crippen LogP contribution in [0.5, 0.6) is 0 Å². The van der Waals surface area contributed by atoms with Gasteiger partial charge < -0.3 is 24.4 Å². The Morgan fingerprint density at radius 3 is 2.21 bits per heavy atom. The molecule has 204 valence electrons. The first kappa shape index (κ1) is 27.7. The highest BCUT2D eigenvalue weighted by molar-refractivity contribution is 5.70. The van der Waals surface area contributed by atoms with E-state index >= 15 is 0 Å². The molecular formula is C29H38N4O5. The molecule has 3 heterocycles. The number of aliphatic hydroxyl groups is 2. The van der Waals surface area contributed by atoms with Crippen molar-refractivity contribution < 1.29 is 24.3 Å². The van der Waals surface area contributed by atoms with Crippen molar-refractivity contribution in [2.45, 2.75) is 78.1 Å². The number of amides is 1. The smallest absolute Gasteiger partial charge is 0.410 e. The van der Waals surface area contributed by atoms with Crippen LogP contribution in [0, 0.1) is 5.41 Å². The van der Waals surface area contributed by atoms with Crippen molar-refractivity contribution in [3.05, 3.63) is 65.3 Å². The summed E-state index contributed by atoms with van der Waals surface area (Å²) in [5.74, 6) is 0.673. The molecule has 1 aromatic carbocycles. The van der Waals surface area contributed by atoms with Gasteiger partial charge in [-0.2, -0.15) is 4.98 Å². The van der Waals surface area contributed by atoms with Gasteiger partial charge in [-0.15, -0.1) is 0 Å². The van der Waals surface area contributed by atoms with Gasteiger partial charge in [0.05, 0.1) is 0 Å². The van der Waals surface area contributed by atoms with E-state index in [-0.39, 0.29) is 11.7 Å². The highest BCUT2D eigenvalue weighted by Crippen LogP contribution is 2.51. The van der Waals surface area contributed by atoms with E-state index in [4.69, 9.17) is 9.26 Å². The lowest BCUT2D eigenvalue weighted by atomic mass is 9.62. The van der Waals surface area contributed by atoms with Gasteiger partial charge in [-0.25, -0.2) is 4.79 Å². The quantitative estimate of drug-likeness (QED) is 0.465.